The molecule has 0 saturated carbocycles. The lowest BCUT2D eigenvalue weighted by atomic mass is 9.93. The van der Waals surface area contributed by atoms with Crippen molar-refractivity contribution in [2.75, 3.05) is 19.8 Å². The molecule has 1 saturated heterocycles. The summed E-state index contributed by atoms with van der Waals surface area (Å²) in [6.45, 7) is 9.03. The largest absolute Gasteiger partial charge is 0.460 e. The molecule has 0 bridgehead atoms. The molecule has 0 radical (unpaired) electrons. The molecule has 0 unspecified atom stereocenters. The van der Waals surface area contributed by atoms with Crippen molar-refractivity contribution in [2.24, 2.45) is 5.41 Å². The van der Waals surface area contributed by atoms with E-state index in [0.717, 1.165) is 5.56 Å². The van der Waals surface area contributed by atoms with Gasteiger partial charge in [0.25, 0.3) is 5.78 Å². The summed E-state index contributed by atoms with van der Waals surface area (Å²) in [5, 5.41) is 0. The van der Waals surface area contributed by atoms with E-state index in [1.165, 1.54) is 0 Å². The first-order valence-corrected chi connectivity index (χ1v) is 7.37. The Morgan fingerprint density at radius 3 is 2.14 bits per heavy atom. The Bertz CT molecular complexity index is 549. The van der Waals surface area contributed by atoms with Gasteiger partial charge in [-0.05, 0) is 13.8 Å². The second kappa shape index (κ2) is 6.18. The first kappa shape index (κ1) is 16.6. The Labute approximate surface area is 130 Å². The van der Waals surface area contributed by atoms with Crippen LogP contribution in [0.5, 0.6) is 0 Å². The van der Waals surface area contributed by atoms with Gasteiger partial charge in [-0.2, -0.15) is 0 Å². The Morgan fingerprint density at radius 2 is 1.64 bits per heavy atom. The SMILES string of the molecule is CCOC(=O)C(=O)c1ccc(C2(C)OCC(C)(C)CO2)cc1. The smallest absolute Gasteiger partial charge is 0.379 e. The quantitative estimate of drug-likeness (QED) is 0.486. The van der Waals surface area contributed by atoms with Crippen LogP contribution in [-0.2, 0) is 24.8 Å². The van der Waals surface area contributed by atoms with E-state index in [9.17, 15) is 9.59 Å². The van der Waals surface area contributed by atoms with E-state index in [0.29, 0.717) is 18.8 Å². The van der Waals surface area contributed by atoms with Crippen molar-refractivity contribution in [3.05, 3.63) is 35.4 Å². The zero-order valence-electron chi connectivity index (χ0n) is 13.5. The van der Waals surface area contributed by atoms with Gasteiger partial charge in [-0.1, -0.05) is 38.1 Å². The minimum Gasteiger partial charge on any atom is -0.460 e. The standard InChI is InChI=1S/C17H22O5/c1-5-20-15(19)14(18)12-6-8-13(9-7-12)17(4)21-10-16(2,3)11-22-17/h6-9H,5,10-11H2,1-4H3. The highest BCUT2D eigenvalue weighted by molar-refractivity contribution is 6.40. The average molecular weight is 306 g/mol. The van der Waals surface area contributed by atoms with Crippen molar-refractivity contribution in [3.8, 4) is 0 Å². The van der Waals surface area contributed by atoms with Crippen LogP contribution in [0.1, 0.15) is 43.6 Å². The van der Waals surface area contributed by atoms with Gasteiger partial charge >= 0.3 is 5.97 Å². The van der Waals surface area contributed by atoms with Crippen LogP contribution in [0.2, 0.25) is 0 Å². The van der Waals surface area contributed by atoms with E-state index in [2.05, 4.69) is 13.8 Å². The van der Waals surface area contributed by atoms with Gasteiger partial charge < -0.3 is 14.2 Å². The first-order chi connectivity index (χ1) is 10.3. The molecule has 0 N–H and O–H groups in total. The van der Waals surface area contributed by atoms with E-state index < -0.39 is 17.5 Å². The highest BCUT2D eigenvalue weighted by Crippen LogP contribution is 2.36. The number of hydrogen-bond acceptors (Lipinski definition) is 5. The third-order valence-corrected chi connectivity index (χ3v) is 3.61. The summed E-state index contributed by atoms with van der Waals surface area (Å²) in [5.41, 5.74) is 1.09. The molecule has 2 rings (SSSR count). The maximum absolute atomic E-state index is 11.9. The minimum atomic E-state index is -0.839. The zero-order chi connectivity index (χ0) is 16.4. The van der Waals surface area contributed by atoms with Gasteiger partial charge in [0.2, 0.25) is 0 Å². The van der Waals surface area contributed by atoms with Crippen molar-refractivity contribution in [3.63, 3.8) is 0 Å². The predicted molar refractivity (Wildman–Crippen MR) is 80.4 cm³/mol. The molecule has 1 fully saturated rings. The fourth-order valence-corrected chi connectivity index (χ4v) is 2.16. The monoisotopic (exact) mass is 306 g/mol. The highest BCUT2D eigenvalue weighted by atomic mass is 16.7. The van der Waals surface area contributed by atoms with Crippen molar-refractivity contribution < 1.29 is 23.8 Å². The Balaban J connectivity index is 2.12. The summed E-state index contributed by atoms with van der Waals surface area (Å²) in [6, 6.07) is 6.66. The normalized spacial score (nSPS) is 19.5. The molecule has 0 amide bonds. The highest BCUT2D eigenvalue weighted by Gasteiger charge is 2.38. The maximum Gasteiger partial charge on any atom is 0.379 e. The Kier molecular flexibility index (Phi) is 4.68. The number of esters is 1. The molecule has 22 heavy (non-hydrogen) atoms. The molecule has 0 atom stereocenters. The lowest BCUT2D eigenvalue weighted by molar-refractivity contribution is -0.298. The zero-order valence-corrected chi connectivity index (χ0v) is 13.5. The average Bonchev–Trinajstić information content (AvgIpc) is 2.50. The molecule has 1 aliphatic rings. The summed E-state index contributed by atoms with van der Waals surface area (Å²) in [4.78, 5) is 23.3. The second-order valence-electron chi connectivity index (χ2n) is 6.31. The first-order valence-electron chi connectivity index (χ1n) is 7.37. The molecule has 5 nitrogen and oxygen atoms in total. The van der Waals surface area contributed by atoms with Crippen LogP contribution < -0.4 is 0 Å². The van der Waals surface area contributed by atoms with Gasteiger partial charge in [-0.15, -0.1) is 0 Å². The van der Waals surface area contributed by atoms with Crippen LogP contribution in [0.3, 0.4) is 0 Å². The van der Waals surface area contributed by atoms with E-state index >= 15 is 0 Å². The number of Topliss-reactive ketones (excluding diaryl/α,β-unsaturated/α-hetero) is 1. The molecule has 0 spiro atoms. The van der Waals surface area contributed by atoms with Crippen LogP contribution in [0.4, 0.5) is 0 Å². The van der Waals surface area contributed by atoms with Crippen LogP contribution in [-0.4, -0.2) is 31.6 Å². The summed E-state index contributed by atoms with van der Waals surface area (Å²) in [6.07, 6.45) is 0. The number of hydrogen-bond donors (Lipinski definition) is 0. The number of rotatable bonds is 4. The number of carbonyl (C=O) groups is 2. The number of ether oxygens (including phenoxy) is 3. The Morgan fingerprint density at radius 1 is 1.09 bits per heavy atom. The lowest BCUT2D eigenvalue weighted by Gasteiger charge is -2.41. The van der Waals surface area contributed by atoms with Gasteiger partial charge in [-0.3, -0.25) is 4.79 Å². The van der Waals surface area contributed by atoms with Gasteiger partial charge in [0, 0.05) is 16.5 Å². The van der Waals surface area contributed by atoms with Crippen molar-refractivity contribution in [2.45, 2.75) is 33.5 Å². The molecular weight excluding hydrogens is 284 g/mol. The van der Waals surface area contributed by atoms with E-state index in [4.69, 9.17) is 14.2 Å². The summed E-state index contributed by atoms with van der Waals surface area (Å²) < 4.78 is 16.4. The fourth-order valence-electron chi connectivity index (χ4n) is 2.16. The van der Waals surface area contributed by atoms with Gasteiger partial charge in [0.15, 0.2) is 5.79 Å². The third kappa shape index (κ3) is 3.54. The van der Waals surface area contributed by atoms with Crippen molar-refractivity contribution in [1.29, 1.82) is 0 Å². The molecular formula is C17H22O5. The molecule has 1 aromatic rings. The van der Waals surface area contributed by atoms with E-state index in [1.807, 2.05) is 6.92 Å². The summed E-state index contributed by atoms with van der Waals surface area (Å²) in [5.74, 6) is -2.32. The van der Waals surface area contributed by atoms with Gasteiger partial charge in [0.1, 0.15) is 0 Å². The molecule has 0 aromatic heterocycles. The maximum atomic E-state index is 11.9. The van der Waals surface area contributed by atoms with Crippen LogP contribution in [0.15, 0.2) is 24.3 Å². The summed E-state index contributed by atoms with van der Waals surface area (Å²) >= 11 is 0. The number of carbonyl (C=O) groups excluding carboxylic acids is 2. The van der Waals surface area contributed by atoms with Crippen LogP contribution in [0, 0.1) is 5.41 Å². The molecule has 1 aliphatic heterocycles. The van der Waals surface area contributed by atoms with Gasteiger partial charge in [-0.25, -0.2) is 4.79 Å². The van der Waals surface area contributed by atoms with Crippen molar-refractivity contribution in [1.82, 2.24) is 0 Å². The lowest BCUT2D eigenvalue weighted by Crippen LogP contribution is -2.43. The van der Waals surface area contributed by atoms with Crippen molar-refractivity contribution >= 4 is 11.8 Å². The number of ketones is 1. The minimum absolute atomic E-state index is 0.0146. The van der Waals surface area contributed by atoms with E-state index in [1.54, 1.807) is 31.2 Å². The van der Waals surface area contributed by atoms with Crippen LogP contribution >= 0.6 is 0 Å². The molecule has 1 aromatic carbocycles. The summed E-state index contributed by atoms with van der Waals surface area (Å²) in [7, 11) is 0. The Hall–Kier alpha value is -1.72. The van der Waals surface area contributed by atoms with E-state index in [-0.39, 0.29) is 12.0 Å². The van der Waals surface area contributed by atoms with Crippen LogP contribution in [0.25, 0.3) is 0 Å². The molecule has 0 aliphatic carbocycles. The van der Waals surface area contributed by atoms with Gasteiger partial charge in [0.05, 0.1) is 19.8 Å². The topological polar surface area (TPSA) is 61.8 Å². The molecule has 1 heterocycles. The third-order valence-electron chi connectivity index (χ3n) is 3.61. The molecule has 5 heteroatoms. The fraction of sp³-hybridized carbons (Fsp3) is 0.529. The second-order valence-corrected chi connectivity index (χ2v) is 6.31. The molecule has 120 valence electrons. The predicted octanol–water partition coefficient (Wildman–Crippen LogP) is 2.68. The number of benzene rings is 1.